The molecule has 0 saturated heterocycles. The lowest BCUT2D eigenvalue weighted by Gasteiger charge is -2.02. The topological polar surface area (TPSA) is 86.9 Å². The minimum Gasteiger partial charge on any atom is -0.478 e. The standard InChI is InChI=1S/C10H4ClN3O2/c11-8-6(10(15)16)4-13-7-2-1-5(3-12)14-9(7)8/h1-2,4H,(H,15,16). The number of aromatic carboxylic acids is 1. The maximum absolute atomic E-state index is 10.8. The first kappa shape index (κ1) is 10.3. The van der Waals surface area contributed by atoms with Gasteiger partial charge in [-0.1, -0.05) is 11.6 Å². The van der Waals surface area contributed by atoms with Crippen molar-refractivity contribution in [1.82, 2.24) is 9.97 Å². The second-order valence-electron chi connectivity index (χ2n) is 2.97. The number of fused-ring (bicyclic) bond motifs is 1. The van der Waals surface area contributed by atoms with E-state index in [1.165, 1.54) is 12.3 Å². The Labute approximate surface area is 94.9 Å². The number of nitriles is 1. The third kappa shape index (κ3) is 1.55. The second-order valence-corrected chi connectivity index (χ2v) is 3.35. The lowest BCUT2D eigenvalue weighted by molar-refractivity contribution is 0.0697. The molecule has 2 rings (SSSR count). The van der Waals surface area contributed by atoms with Crippen LogP contribution in [0.15, 0.2) is 18.3 Å². The minimum absolute atomic E-state index is 0.00500. The van der Waals surface area contributed by atoms with Gasteiger partial charge < -0.3 is 5.11 Å². The first-order valence-corrected chi connectivity index (χ1v) is 4.60. The number of pyridine rings is 2. The molecular formula is C10H4ClN3O2. The van der Waals surface area contributed by atoms with Crippen molar-refractivity contribution in [2.24, 2.45) is 0 Å². The Hall–Kier alpha value is -2.19. The van der Waals surface area contributed by atoms with E-state index in [0.29, 0.717) is 5.52 Å². The molecule has 0 aliphatic carbocycles. The number of hydrogen-bond donors (Lipinski definition) is 1. The highest BCUT2D eigenvalue weighted by molar-refractivity contribution is 6.37. The van der Waals surface area contributed by atoms with Crippen LogP contribution in [0.4, 0.5) is 0 Å². The zero-order valence-corrected chi connectivity index (χ0v) is 8.56. The van der Waals surface area contributed by atoms with Gasteiger partial charge in [-0.3, -0.25) is 4.98 Å². The Morgan fingerprint density at radius 2 is 2.25 bits per heavy atom. The van der Waals surface area contributed by atoms with Crippen molar-refractivity contribution >= 4 is 28.6 Å². The van der Waals surface area contributed by atoms with Crippen LogP contribution in [0.2, 0.25) is 5.02 Å². The highest BCUT2D eigenvalue weighted by Crippen LogP contribution is 2.24. The number of aromatic nitrogens is 2. The van der Waals surface area contributed by atoms with E-state index in [1.807, 2.05) is 6.07 Å². The monoisotopic (exact) mass is 233 g/mol. The largest absolute Gasteiger partial charge is 0.478 e. The molecule has 0 saturated carbocycles. The Balaban J connectivity index is 2.82. The summed E-state index contributed by atoms with van der Waals surface area (Å²) in [6.07, 6.45) is 1.17. The number of carbonyl (C=O) groups is 1. The zero-order valence-electron chi connectivity index (χ0n) is 7.81. The molecule has 0 bridgehead atoms. The lowest BCUT2D eigenvalue weighted by atomic mass is 10.2. The molecule has 0 radical (unpaired) electrons. The fourth-order valence-corrected chi connectivity index (χ4v) is 1.52. The van der Waals surface area contributed by atoms with Gasteiger partial charge in [0.2, 0.25) is 0 Å². The first-order valence-electron chi connectivity index (χ1n) is 4.22. The van der Waals surface area contributed by atoms with Crippen LogP contribution in [0.5, 0.6) is 0 Å². The van der Waals surface area contributed by atoms with E-state index in [1.54, 1.807) is 6.07 Å². The molecule has 5 nitrogen and oxygen atoms in total. The quantitative estimate of drug-likeness (QED) is 0.812. The molecule has 6 heteroatoms. The van der Waals surface area contributed by atoms with E-state index in [-0.39, 0.29) is 21.8 Å². The molecule has 2 aromatic heterocycles. The number of halogens is 1. The first-order chi connectivity index (χ1) is 7.63. The van der Waals surface area contributed by atoms with Crippen LogP contribution in [-0.2, 0) is 0 Å². The van der Waals surface area contributed by atoms with Crippen molar-refractivity contribution in [1.29, 1.82) is 5.26 Å². The molecule has 0 spiro atoms. The maximum Gasteiger partial charge on any atom is 0.338 e. The van der Waals surface area contributed by atoms with Crippen molar-refractivity contribution in [3.8, 4) is 6.07 Å². The van der Waals surface area contributed by atoms with Gasteiger partial charge in [0.1, 0.15) is 17.3 Å². The van der Waals surface area contributed by atoms with Gasteiger partial charge in [-0.25, -0.2) is 9.78 Å². The third-order valence-corrected chi connectivity index (χ3v) is 2.38. The Morgan fingerprint density at radius 1 is 1.50 bits per heavy atom. The van der Waals surface area contributed by atoms with Gasteiger partial charge in [0, 0.05) is 6.20 Å². The average molecular weight is 234 g/mol. The Kier molecular flexibility index (Phi) is 2.43. The number of carboxylic acids is 1. The molecule has 0 atom stereocenters. The van der Waals surface area contributed by atoms with E-state index in [0.717, 1.165) is 0 Å². The van der Waals surface area contributed by atoms with Crippen LogP contribution in [0.3, 0.4) is 0 Å². The number of carboxylic acid groups (broad SMARTS) is 1. The van der Waals surface area contributed by atoms with Gasteiger partial charge >= 0.3 is 5.97 Å². The van der Waals surface area contributed by atoms with Crippen LogP contribution in [0.25, 0.3) is 11.0 Å². The highest BCUT2D eigenvalue weighted by atomic mass is 35.5. The summed E-state index contributed by atoms with van der Waals surface area (Å²) in [5.41, 5.74) is 0.713. The van der Waals surface area contributed by atoms with Gasteiger partial charge in [-0.2, -0.15) is 5.26 Å². The highest BCUT2D eigenvalue weighted by Gasteiger charge is 2.13. The smallest absolute Gasteiger partial charge is 0.338 e. The normalized spacial score (nSPS) is 10.0. The summed E-state index contributed by atoms with van der Waals surface area (Å²) >= 11 is 5.87. The Bertz CT molecular complexity index is 634. The fraction of sp³-hybridized carbons (Fsp3) is 0. The summed E-state index contributed by atoms with van der Waals surface area (Å²) in [5, 5.41) is 17.5. The van der Waals surface area contributed by atoms with Crippen LogP contribution >= 0.6 is 11.6 Å². The average Bonchev–Trinajstić information content (AvgIpc) is 2.28. The molecule has 0 aliphatic heterocycles. The van der Waals surface area contributed by atoms with E-state index in [9.17, 15) is 4.79 Å². The summed E-state index contributed by atoms with van der Waals surface area (Å²) < 4.78 is 0. The summed E-state index contributed by atoms with van der Waals surface area (Å²) in [7, 11) is 0. The molecule has 2 aromatic rings. The molecule has 78 valence electrons. The van der Waals surface area contributed by atoms with Crippen LogP contribution < -0.4 is 0 Å². The van der Waals surface area contributed by atoms with E-state index < -0.39 is 5.97 Å². The van der Waals surface area contributed by atoms with Crippen molar-refractivity contribution in [3.05, 3.63) is 34.6 Å². The number of rotatable bonds is 1. The summed E-state index contributed by atoms with van der Waals surface area (Å²) in [6, 6.07) is 4.91. The van der Waals surface area contributed by atoms with Crippen molar-refractivity contribution in [3.63, 3.8) is 0 Å². The van der Waals surface area contributed by atoms with Gasteiger partial charge in [-0.15, -0.1) is 0 Å². The van der Waals surface area contributed by atoms with E-state index >= 15 is 0 Å². The number of hydrogen-bond acceptors (Lipinski definition) is 4. The maximum atomic E-state index is 10.8. The van der Waals surface area contributed by atoms with Crippen molar-refractivity contribution < 1.29 is 9.90 Å². The molecule has 0 unspecified atom stereocenters. The molecule has 2 heterocycles. The van der Waals surface area contributed by atoms with Gasteiger partial charge in [-0.05, 0) is 12.1 Å². The predicted octanol–water partition coefficient (Wildman–Crippen LogP) is 1.85. The van der Waals surface area contributed by atoms with Gasteiger partial charge in [0.25, 0.3) is 0 Å². The predicted molar refractivity (Wildman–Crippen MR) is 56.2 cm³/mol. The lowest BCUT2D eigenvalue weighted by Crippen LogP contribution is -2.00. The molecule has 1 N–H and O–H groups in total. The van der Waals surface area contributed by atoms with Crippen LogP contribution in [0.1, 0.15) is 16.1 Å². The van der Waals surface area contributed by atoms with Crippen LogP contribution in [-0.4, -0.2) is 21.0 Å². The molecule has 0 amide bonds. The zero-order chi connectivity index (χ0) is 11.7. The minimum atomic E-state index is -1.18. The van der Waals surface area contributed by atoms with Gasteiger partial charge in [0.05, 0.1) is 16.1 Å². The summed E-state index contributed by atoms with van der Waals surface area (Å²) in [5.74, 6) is -1.18. The number of nitrogens with zero attached hydrogens (tertiary/aromatic N) is 3. The summed E-state index contributed by atoms with van der Waals surface area (Å²) in [6.45, 7) is 0. The molecule has 0 aliphatic rings. The van der Waals surface area contributed by atoms with Crippen LogP contribution in [0, 0.1) is 11.3 Å². The van der Waals surface area contributed by atoms with Crippen molar-refractivity contribution in [2.45, 2.75) is 0 Å². The molecule has 0 aromatic carbocycles. The molecule has 16 heavy (non-hydrogen) atoms. The van der Waals surface area contributed by atoms with Gasteiger partial charge in [0.15, 0.2) is 0 Å². The second kappa shape index (κ2) is 3.76. The summed E-state index contributed by atoms with van der Waals surface area (Å²) in [4.78, 5) is 18.6. The SMILES string of the molecule is N#Cc1ccc2ncc(C(=O)O)c(Cl)c2n1. The van der Waals surface area contributed by atoms with E-state index in [4.69, 9.17) is 22.0 Å². The Morgan fingerprint density at radius 3 is 2.88 bits per heavy atom. The fourth-order valence-electron chi connectivity index (χ4n) is 1.25. The van der Waals surface area contributed by atoms with E-state index in [2.05, 4.69) is 9.97 Å². The van der Waals surface area contributed by atoms with Crippen molar-refractivity contribution in [2.75, 3.05) is 0 Å². The molecule has 0 fully saturated rings. The molecular weight excluding hydrogens is 230 g/mol. The third-order valence-electron chi connectivity index (χ3n) is 2.00.